The van der Waals surface area contributed by atoms with Gasteiger partial charge < -0.3 is 10.6 Å². The van der Waals surface area contributed by atoms with Crippen LogP contribution in [0.2, 0.25) is 0 Å². The molecule has 0 saturated carbocycles. The van der Waals surface area contributed by atoms with Crippen LogP contribution in [0.15, 0.2) is 30.5 Å². The number of aromatic nitrogens is 4. The molecule has 1 saturated heterocycles. The Hall–Kier alpha value is -2.68. The second kappa shape index (κ2) is 6.56. The Kier molecular flexibility index (Phi) is 4.23. The highest BCUT2D eigenvalue weighted by atomic mass is 19.4. The number of nitrogens with zero attached hydrogens (tertiary/aromatic N) is 3. The van der Waals surface area contributed by atoms with Crippen LogP contribution in [0.3, 0.4) is 0 Å². The number of anilines is 1. The number of para-hydroxylation sites is 1. The third-order valence-electron chi connectivity index (χ3n) is 4.46. The maximum absolute atomic E-state index is 13.5. The van der Waals surface area contributed by atoms with Gasteiger partial charge in [0.25, 0.3) is 0 Å². The van der Waals surface area contributed by atoms with Crippen LogP contribution in [0, 0.1) is 0 Å². The molecule has 0 radical (unpaired) electrons. The summed E-state index contributed by atoms with van der Waals surface area (Å²) < 4.78 is 40.5. The van der Waals surface area contributed by atoms with Gasteiger partial charge in [-0.25, -0.2) is 9.97 Å². The SMILES string of the molecule is FC(F)(F)c1cnc(NC2CCNCC2)nc1-c1n[nH]c2ccccc12. The van der Waals surface area contributed by atoms with E-state index in [1.165, 1.54) is 0 Å². The molecule has 4 rings (SSSR count). The van der Waals surface area contributed by atoms with Gasteiger partial charge in [0, 0.05) is 17.6 Å². The molecular weight excluding hydrogens is 345 g/mol. The summed E-state index contributed by atoms with van der Waals surface area (Å²) in [5, 5.41) is 13.8. The molecule has 136 valence electrons. The van der Waals surface area contributed by atoms with Gasteiger partial charge >= 0.3 is 6.18 Å². The molecule has 1 aliphatic rings. The summed E-state index contributed by atoms with van der Waals surface area (Å²) in [5.74, 6) is 0.187. The fourth-order valence-electron chi connectivity index (χ4n) is 3.13. The van der Waals surface area contributed by atoms with Crippen molar-refractivity contribution in [1.82, 2.24) is 25.5 Å². The maximum Gasteiger partial charge on any atom is 0.420 e. The molecule has 0 atom stereocenters. The van der Waals surface area contributed by atoms with E-state index in [1.807, 2.05) is 0 Å². The molecule has 1 aliphatic heterocycles. The first-order chi connectivity index (χ1) is 12.5. The number of H-pyrrole nitrogens is 1. The standard InChI is InChI=1S/C17H17F3N6/c18-17(19,20)12-9-22-16(23-10-5-7-21-8-6-10)24-15(12)14-11-3-1-2-4-13(11)25-26-14/h1-4,9-10,21H,5-8H2,(H,25,26)(H,22,23,24). The van der Waals surface area contributed by atoms with Crippen molar-refractivity contribution in [3.63, 3.8) is 0 Å². The zero-order valence-corrected chi connectivity index (χ0v) is 13.8. The number of fused-ring (bicyclic) bond motifs is 1. The summed E-state index contributed by atoms with van der Waals surface area (Å²) >= 11 is 0. The number of benzene rings is 1. The minimum Gasteiger partial charge on any atom is -0.351 e. The molecule has 0 spiro atoms. The first kappa shape index (κ1) is 16.8. The van der Waals surface area contributed by atoms with E-state index < -0.39 is 11.7 Å². The molecule has 0 unspecified atom stereocenters. The van der Waals surface area contributed by atoms with Crippen LogP contribution in [-0.4, -0.2) is 39.3 Å². The first-order valence-electron chi connectivity index (χ1n) is 8.37. The van der Waals surface area contributed by atoms with Gasteiger partial charge in [0.1, 0.15) is 17.0 Å². The van der Waals surface area contributed by atoms with Crippen molar-refractivity contribution >= 4 is 16.9 Å². The van der Waals surface area contributed by atoms with Gasteiger partial charge in [0.15, 0.2) is 0 Å². The van der Waals surface area contributed by atoms with Gasteiger partial charge in [-0.3, -0.25) is 5.10 Å². The van der Waals surface area contributed by atoms with Gasteiger partial charge in [-0.1, -0.05) is 18.2 Å². The zero-order valence-electron chi connectivity index (χ0n) is 13.8. The van der Waals surface area contributed by atoms with E-state index in [-0.39, 0.29) is 23.4 Å². The number of hydrogen-bond acceptors (Lipinski definition) is 5. The molecule has 6 nitrogen and oxygen atoms in total. The average Bonchev–Trinajstić information content (AvgIpc) is 3.05. The van der Waals surface area contributed by atoms with Gasteiger partial charge in [0.05, 0.1) is 5.52 Å². The Labute approximate surface area is 147 Å². The third-order valence-corrected chi connectivity index (χ3v) is 4.46. The Morgan fingerprint density at radius 2 is 1.85 bits per heavy atom. The van der Waals surface area contributed by atoms with Crippen molar-refractivity contribution in [1.29, 1.82) is 0 Å². The summed E-state index contributed by atoms with van der Waals surface area (Å²) in [7, 11) is 0. The van der Waals surface area contributed by atoms with Crippen LogP contribution in [-0.2, 0) is 6.18 Å². The molecule has 2 aromatic heterocycles. The summed E-state index contributed by atoms with van der Waals surface area (Å²) in [6.45, 7) is 1.71. The highest BCUT2D eigenvalue weighted by Gasteiger charge is 2.36. The lowest BCUT2D eigenvalue weighted by Crippen LogP contribution is -2.35. The topological polar surface area (TPSA) is 78.5 Å². The number of aromatic amines is 1. The summed E-state index contributed by atoms with van der Waals surface area (Å²) in [4.78, 5) is 8.07. The summed E-state index contributed by atoms with van der Waals surface area (Å²) in [6.07, 6.45) is -2.01. The Morgan fingerprint density at radius 3 is 2.62 bits per heavy atom. The maximum atomic E-state index is 13.5. The van der Waals surface area contributed by atoms with Crippen molar-refractivity contribution in [2.75, 3.05) is 18.4 Å². The van der Waals surface area contributed by atoms with Crippen LogP contribution in [0.1, 0.15) is 18.4 Å². The molecule has 26 heavy (non-hydrogen) atoms. The van der Waals surface area contributed by atoms with E-state index >= 15 is 0 Å². The molecular formula is C17H17F3N6. The highest BCUT2D eigenvalue weighted by Crippen LogP contribution is 2.37. The second-order valence-corrected chi connectivity index (χ2v) is 6.24. The Balaban J connectivity index is 1.78. The lowest BCUT2D eigenvalue weighted by Gasteiger charge is -2.24. The van der Waals surface area contributed by atoms with Gasteiger partial charge in [-0.2, -0.15) is 18.3 Å². The largest absolute Gasteiger partial charge is 0.420 e. The van der Waals surface area contributed by atoms with Gasteiger partial charge in [0.2, 0.25) is 5.95 Å². The lowest BCUT2D eigenvalue weighted by molar-refractivity contribution is -0.137. The predicted molar refractivity (Wildman–Crippen MR) is 91.6 cm³/mol. The number of alkyl halides is 3. The van der Waals surface area contributed by atoms with Gasteiger partial charge in [-0.15, -0.1) is 0 Å². The molecule has 1 fully saturated rings. The highest BCUT2D eigenvalue weighted by molar-refractivity contribution is 5.92. The van der Waals surface area contributed by atoms with E-state index in [9.17, 15) is 13.2 Å². The second-order valence-electron chi connectivity index (χ2n) is 6.24. The molecule has 3 aromatic rings. The Morgan fingerprint density at radius 1 is 1.08 bits per heavy atom. The van der Waals surface area contributed by atoms with Crippen LogP contribution < -0.4 is 10.6 Å². The number of halogens is 3. The van der Waals surface area contributed by atoms with E-state index in [4.69, 9.17) is 0 Å². The number of hydrogen-bond donors (Lipinski definition) is 3. The monoisotopic (exact) mass is 362 g/mol. The van der Waals surface area contributed by atoms with Crippen molar-refractivity contribution < 1.29 is 13.2 Å². The van der Waals surface area contributed by atoms with E-state index in [2.05, 4.69) is 30.8 Å². The van der Waals surface area contributed by atoms with Crippen LogP contribution in [0.5, 0.6) is 0 Å². The van der Waals surface area contributed by atoms with Crippen molar-refractivity contribution in [2.45, 2.75) is 25.1 Å². The summed E-state index contributed by atoms with van der Waals surface area (Å²) in [5.41, 5.74) is -0.294. The lowest BCUT2D eigenvalue weighted by atomic mass is 10.1. The average molecular weight is 362 g/mol. The normalized spacial score (nSPS) is 16.1. The number of nitrogens with one attached hydrogen (secondary N) is 3. The number of piperidine rings is 1. The minimum absolute atomic E-state index is 0.136. The minimum atomic E-state index is -4.57. The quantitative estimate of drug-likeness (QED) is 0.667. The fourth-order valence-corrected chi connectivity index (χ4v) is 3.13. The zero-order chi connectivity index (χ0) is 18.1. The van der Waals surface area contributed by atoms with Crippen LogP contribution in [0.4, 0.5) is 19.1 Å². The predicted octanol–water partition coefficient (Wildman–Crippen LogP) is 3.20. The van der Waals surface area contributed by atoms with E-state index in [1.54, 1.807) is 24.3 Å². The molecule has 1 aromatic carbocycles. The molecule has 3 heterocycles. The molecule has 3 N–H and O–H groups in total. The van der Waals surface area contributed by atoms with E-state index in [0.717, 1.165) is 32.1 Å². The van der Waals surface area contributed by atoms with Crippen molar-refractivity contribution in [3.05, 3.63) is 36.0 Å². The first-order valence-corrected chi connectivity index (χ1v) is 8.37. The van der Waals surface area contributed by atoms with Crippen LogP contribution >= 0.6 is 0 Å². The molecule has 9 heteroatoms. The van der Waals surface area contributed by atoms with Crippen molar-refractivity contribution in [3.8, 4) is 11.4 Å². The Bertz CT molecular complexity index is 914. The fraction of sp³-hybridized carbons (Fsp3) is 0.353. The number of rotatable bonds is 3. The molecule has 0 amide bonds. The van der Waals surface area contributed by atoms with E-state index in [0.29, 0.717) is 10.9 Å². The smallest absolute Gasteiger partial charge is 0.351 e. The third kappa shape index (κ3) is 3.22. The molecule has 0 bridgehead atoms. The summed E-state index contributed by atoms with van der Waals surface area (Å²) in [6, 6.07) is 7.16. The van der Waals surface area contributed by atoms with Crippen LogP contribution in [0.25, 0.3) is 22.3 Å². The van der Waals surface area contributed by atoms with Crippen molar-refractivity contribution in [2.24, 2.45) is 0 Å². The van der Waals surface area contributed by atoms with Gasteiger partial charge in [-0.05, 0) is 32.0 Å². The molecule has 0 aliphatic carbocycles.